The lowest BCUT2D eigenvalue weighted by Crippen LogP contribution is -2.58. The lowest BCUT2D eigenvalue weighted by atomic mass is 9.96. The molecule has 2 aromatic rings. The number of likely N-dealkylation sites (tertiary alicyclic amines) is 1. The first-order chi connectivity index (χ1) is 18.1. The minimum atomic E-state index is -0.977. The molecule has 4 heterocycles. The van der Waals surface area contributed by atoms with Crippen molar-refractivity contribution in [3.05, 3.63) is 36.3 Å². The second-order valence-corrected chi connectivity index (χ2v) is 11.6. The second-order valence-electron chi connectivity index (χ2n) is 11.6. The van der Waals surface area contributed by atoms with Crippen molar-refractivity contribution in [3.63, 3.8) is 0 Å². The average molecular weight is 519 g/mol. The van der Waals surface area contributed by atoms with Crippen molar-refractivity contribution in [3.8, 4) is 6.07 Å². The number of carbonyl (C=O) groups excluding carboxylic acids is 3. The second kappa shape index (κ2) is 9.95. The standard InChI is InChI=1S/C28H34N6O4/c1-15(2)22(33-25(35)17-7-9-38-14-17)27(37)34-13-19-21(28(19,3)4)24(34)26(36)32-20(10-29)18-12-30-11-16-6-5-8-31-23(16)18/h5-6,8,11-12,15,17,19-22,24H,7,9,13-14H2,1-4H3,(H,32,36)(H,33,35)/t17?,19-,20?,21-,22?,24-/m0/s1. The Morgan fingerprint density at radius 2 is 2.00 bits per heavy atom. The van der Waals surface area contributed by atoms with Gasteiger partial charge in [-0.05, 0) is 41.7 Å². The number of pyridine rings is 2. The summed E-state index contributed by atoms with van der Waals surface area (Å²) in [5, 5.41) is 16.6. The van der Waals surface area contributed by atoms with E-state index in [1.165, 1.54) is 0 Å². The van der Waals surface area contributed by atoms with Gasteiger partial charge in [0.15, 0.2) is 0 Å². The normalized spacial score (nSPS) is 26.9. The lowest BCUT2D eigenvalue weighted by molar-refractivity contribution is -0.144. The minimum Gasteiger partial charge on any atom is -0.381 e. The van der Waals surface area contributed by atoms with Gasteiger partial charge in [0.2, 0.25) is 17.7 Å². The molecule has 5 rings (SSSR count). The molecule has 1 saturated carbocycles. The van der Waals surface area contributed by atoms with Crippen LogP contribution in [0.25, 0.3) is 10.9 Å². The van der Waals surface area contributed by atoms with Crippen LogP contribution >= 0.6 is 0 Å². The molecule has 2 saturated heterocycles. The van der Waals surface area contributed by atoms with Crippen LogP contribution in [0, 0.1) is 40.4 Å². The van der Waals surface area contributed by atoms with E-state index < -0.39 is 18.1 Å². The molecule has 38 heavy (non-hydrogen) atoms. The van der Waals surface area contributed by atoms with Crippen LogP contribution in [0.5, 0.6) is 0 Å². The molecule has 200 valence electrons. The summed E-state index contributed by atoms with van der Waals surface area (Å²) in [6, 6.07) is 3.34. The SMILES string of the molecule is CC(C)C(NC(=O)C1CCOC1)C(=O)N1C[C@H]2[C@@H]([C@H]1C(=O)NC(C#N)c1cncc3cccnc13)C2(C)C. The third kappa shape index (κ3) is 4.49. The van der Waals surface area contributed by atoms with Gasteiger partial charge >= 0.3 is 0 Å². The summed E-state index contributed by atoms with van der Waals surface area (Å²) in [7, 11) is 0. The van der Waals surface area contributed by atoms with Crippen LogP contribution in [-0.2, 0) is 19.1 Å². The van der Waals surface area contributed by atoms with Crippen LogP contribution in [0.1, 0.15) is 45.7 Å². The highest BCUT2D eigenvalue weighted by molar-refractivity contribution is 5.94. The maximum atomic E-state index is 13.8. The Balaban J connectivity index is 1.38. The summed E-state index contributed by atoms with van der Waals surface area (Å²) in [6.07, 6.45) is 5.47. The first-order valence-corrected chi connectivity index (χ1v) is 13.2. The van der Waals surface area contributed by atoms with E-state index in [-0.39, 0.29) is 46.8 Å². The van der Waals surface area contributed by atoms with E-state index >= 15 is 0 Å². The van der Waals surface area contributed by atoms with Gasteiger partial charge in [-0.2, -0.15) is 5.26 Å². The summed E-state index contributed by atoms with van der Waals surface area (Å²) >= 11 is 0. The number of rotatable bonds is 7. The van der Waals surface area contributed by atoms with Gasteiger partial charge in [0.05, 0.1) is 24.1 Å². The zero-order valence-electron chi connectivity index (χ0n) is 22.2. The van der Waals surface area contributed by atoms with Crippen molar-refractivity contribution < 1.29 is 19.1 Å². The highest BCUT2D eigenvalue weighted by Gasteiger charge is 2.69. The van der Waals surface area contributed by atoms with E-state index in [9.17, 15) is 19.6 Å². The molecule has 2 N–H and O–H groups in total. The van der Waals surface area contributed by atoms with Crippen molar-refractivity contribution >= 4 is 28.6 Å². The Morgan fingerprint density at radius 3 is 2.68 bits per heavy atom. The molecule has 10 heteroatoms. The number of piperidine rings is 1. The largest absolute Gasteiger partial charge is 0.381 e. The van der Waals surface area contributed by atoms with Gasteiger partial charge in [-0.25, -0.2) is 0 Å². The van der Waals surface area contributed by atoms with Gasteiger partial charge in [0, 0.05) is 42.7 Å². The molecule has 0 aromatic carbocycles. The topological polar surface area (TPSA) is 137 Å². The predicted molar refractivity (Wildman–Crippen MR) is 138 cm³/mol. The summed E-state index contributed by atoms with van der Waals surface area (Å²) in [5.74, 6) is -1.13. The molecule has 2 aromatic heterocycles. The van der Waals surface area contributed by atoms with Crippen LogP contribution in [0.2, 0.25) is 0 Å². The number of hydrogen-bond acceptors (Lipinski definition) is 7. The van der Waals surface area contributed by atoms with Gasteiger partial charge in [-0.15, -0.1) is 0 Å². The fraction of sp³-hybridized carbons (Fsp3) is 0.571. The van der Waals surface area contributed by atoms with E-state index in [1.807, 2.05) is 19.9 Å². The molecule has 3 fully saturated rings. The number of aromatic nitrogens is 2. The highest BCUT2D eigenvalue weighted by Crippen LogP contribution is 2.65. The van der Waals surface area contributed by atoms with Crippen LogP contribution in [0.4, 0.5) is 0 Å². The number of nitriles is 1. The molecule has 0 bridgehead atoms. The Hall–Kier alpha value is -3.58. The average Bonchev–Trinajstić information content (AvgIpc) is 3.37. The predicted octanol–water partition coefficient (Wildman–Crippen LogP) is 1.97. The third-order valence-electron chi connectivity index (χ3n) is 8.56. The number of amides is 3. The number of nitrogens with zero attached hydrogens (tertiary/aromatic N) is 4. The molecule has 0 spiro atoms. The minimum absolute atomic E-state index is 0.0266. The molecule has 10 nitrogen and oxygen atoms in total. The van der Waals surface area contributed by atoms with Crippen molar-refractivity contribution in [1.29, 1.82) is 5.26 Å². The summed E-state index contributed by atoms with van der Waals surface area (Å²) in [6.45, 7) is 9.30. The van der Waals surface area contributed by atoms with E-state index in [0.29, 0.717) is 37.3 Å². The number of carbonyl (C=O) groups is 3. The monoisotopic (exact) mass is 518 g/mol. The molecular weight excluding hydrogens is 484 g/mol. The van der Waals surface area contributed by atoms with Crippen molar-refractivity contribution in [2.24, 2.45) is 29.1 Å². The van der Waals surface area contributed by atoms with Crippen molar-refractivity contribution in [2.75, 3.05) is 19.8 Å². The number of ether oxygens (including phenoxy) is 1. The number of fused-ring (bicyclic) bond motifs is 2. The first kappa shape index (κ1) is 26.0. The molecule has 2 aliphatic heterocycles. The fourth-order valence-electron chi connectivity index (χ4n) is 6.16. The Labute approximate surface area is 222 Å². The van der Waals surface area contributed by atoms with Gasteiger partial charge in [-0.3, -0.25) is 24.4 Å². The van der Waals surface area contributed by atoms with Crippen LogP contribution in [0.3, 0.4) is 0 Å². The van der Waals surface area contributed by atoms with Crippen LogP contribution in [0.15, 0.2) is 30.7 Å². The number of hydrogen-bond donors (Lipinski definition) is 2. The summed E-state index contributed by atoms with van der Waals surface area (Å²) in [5.41, 5.74) is 1.01. The van der Waals surface area contributed by atoms with Crippen LogP contribution < -0.4 is 10.6 Å². The molecule has 0 radical (unpaired) electrons. The summed E-state index contributed by atoms with van der Waals surface area (Å²) < 4.78 is 5.34. The molecule has 1 aliphatic carbocycles. The van der Waals surface area contributed by atoms with Crippen molar-refractivity contribution in [1.82, 2.24) is 25.5 Å². The summed E-state index contributed by atoms with van der Waals surface area (Å²) in [4.78, 5) is 50.7. The van der Waals surface area contributed by atoms with E-state index in [0.717, 1.165) is 5.39 Å². The highest BCUT2D eigenvalue weighted by atomic mass is 16.5. The molecule has 3 aliphatic rings. The first-order valence-electron chi connectivity index (χ1n) is 13.2. The van der Waals surface area contributed by atoms with Crippen LogP contribution in [-0.4, -0.2) is 64.4 Å². The number of nitrogens with one attached hydrogen (secondary N) is 2. The Kier molecular flexibility index (Phi) is 6.82. The van der Waals surface area contributed by atoms with Crippen molar-refractivity contribution in [2.45, 2.75) is 52.2 Å². The van der Waals surface area contributed by atoms with Gasteiger partial charge in [0.1, 0.15) is 18.1 Å². The molecule has 3 amide bonds. The smallest absolute Gasteiger partial charge is 0.246 e. The Morgan fingerprint density at radius 1 is 1.21 bits per heavy atom. The van der Waals surface area contributed by atoms with Gasteiger partial charge in [0.25, 0.3) is 0 Å². The third-order valence-corrected chi connectivity index (χ3v) is 8.56. The molecule has 3 unspecified atom stereocenters. The maximum absolute atomic E-state index is 13.8. The van der Waals surface area contributed by atoms with Gasteiger partial charge < -0.3 is 20.3 Å². The zero-order valence-corrected chi connectivity index (χ0v) is 22.2. The van der Waals surface area contributed by atoms with E-state index in [4.69, 9.17) is 4.74 Å². The zero-order chi connectivity index (χ0) is 27.2. The van der Waals surface area contributed by atoms with E-state index in [1.54, 1.807) is 29.6 Å². The molecule has 6 atom stereocenters. The Bertz CT molecular complexity index is 1290. The molecular formula is C28H34N6O4. The fourth-order valence-corrected chi connectivity index (χ4v) is 6.16. The maximum Gasteiger partial charge on any atom is 0.246 e. The lowest BCUT2D eigenvalue weighted by Gasteiger charge is -2.34. The van der Waals surface area contributed by atoms with Gasteiger partial charge in [-0.1, -0.05) is 27.7 Å². The quantitative estimate of drug-likeness (QED) is 0.572. The van der Waals surface area contributed by atoms with E-state index in [2.05, 4.69) is 40.5 Å².